The van der Waals surface area contributed by atoms with Crippen LogP contribution in [0.25, 0.3) is 0 Å². The minimum absolute atomic E-state index is 0.536. The number of fused-ring (bicyclic) bond motifs is 1. The summed E-state index contributed by atoms with van der Waals surface area (Å²) < 4.78 is 0. The van der Waals surface area contributed by atoms with Crippen molar-refractivity contribution < 1.29 is 0 Å². The van der Waals surface area contributed by atoms with E-state index in [1.54, 1.807) is 6.08 Å². The van der Waals surface area contributed by atoms with Gasteiger partial charge in [-0.3, -0.25) is 5.43 Å². The number of hydrogen-bond acceptors (Lipinski definition) is 2. The molecule has 0 bridgehead atoms. The van der Waals surface area contributed by atoms with Crippen LogP contribution in [0, 0.1) is 0 Å². The average Bonchev–Trinajstić information content (AvgIpc) is 2.65. The van der Waals surface area contributed by atoms with E-state index in [9.17, 15) is 0 Å². The second-order valence-electron chi connectivity index (χ2n) is 4.53. The van der Waals surface area contributed by atoms with Crippen LogP contribution >= 0.6 is 12.2 Å². The van der Waals surface area contributed by atoms with E-state index in [0.717, 1.165) is 18.6 Å². The molecule has 0 spiro atoms. The lowest BCUT2D eigenvalue weighted by molar-refractivity contribution is 0.773. The van der Waals surface area contributed by atoms with Crippen molar-refractivity contribution in [1.29, 1.82) is 0 Å². The van der Waals surface area contributed by atoms with E-state index < -0.39 is 0 Å². The number of benzene rings is 1. The van der Waals surface area contributed by atoms with Gasteiger partial charge in [-0.05, 0) is 43.5 Å². The summed E-state index contributed by atoms with van der Waals surface area (Å²) in [6, 6.07) is 8.48. The third-order valence-corrected chi connectivity index (χ3v) is 3.37. The van der Waals surface area contributed by atoms with Gasteiger partial charge in [0.1, 0.15) is 0 Å². The van der Waals surface area contributed by atoms with Crippen molar-refractivity contribution in [2.24, 2.45) is 5.10 Å². The number of rotatable bonds is 3. The van der Waals surface area contributed by atoms with Crippen molar-refractivity contribution in [2.75, 3.05) is 6.54 Å². The van der Waals surface area contributed by atoms with Gasteiger partial charge in [0, 0.05) is 12.1 Å². The Balaban J connectivity index is 2.10. The van der Waals surface area contributed by atoms with Gasteiger partial charge in [-0.25, -0.2) is 0 Å². The first kappa shape index (κ1) is 13.7. The van der Waals surface area contributed by atoms with Gasteiger partial charge in [0.2, 0.25) is 0 Å². The Hall–Kier alpha value is -1.68. The third kappa shape index (κ3) is 3.89. The maximum Gasteiger partial charge on any atom is 0.187 e. The first-order chi connectivity index (χ1) is 9.31. The van der Waals surface area contributed by atoms with E-state index in [1.165, 1.54) is 24.0 Å². The fourth-order valence-electron chi connectivity index (χ4n) is 2.20. The molecule has 2 N–H and O–H groups in total. The van der Waals surface area contributed by atoms with Gasteiger partial charge in [0.25, 0.3) is 0 Å². The number of nitrogens with one attached hydrogen (secondary N) is 2. The summed E-state index contributed by atoms with van der Waals surface area (Å²) in [5, 5.41) is 8.01. The second-order valence-corrected chi connectivity index (χ2v) is 4.94. The molecule has 0 aliphatic heterocycles. The predicted octanol–water partition coefficient (Wildman–Crippen LogP) is 2.77. The van der Waals surface area contributed by atoms with Gasteiger partial charge in [0.05, 0.1) is 5.71 Å². The summed E-state index contributed by atoms with van der Waals surface area (Å²) in [5.74, 6) is 0. The van der Waals surface area contributed by atoms with Crippen LogP contribution in [0.5, 0.6) is 0 Å². The third-order valence-electron chi connectivity index (χ3n) is 3.14. The highest BCUT2D eigenvalue weighted by Crippen LogP contribution is 2.20. The van der Waals surface area contributed by atoms with Crippen LogP contribution in [0.4, 0.5) is 0 Å². The minimum Gasteiger partial charge on any atom is -0.358 e. The normalized spacial score (nSPS) is 16.3. The van der Waals surface area contributed by atoms with Crippen LogP contribution in [0.2, 0.25) is 0 Å². The van der Waals surface area contributed by atoms with E-state index in [4.69, 9.17) is 12.2 Å². The molecule has 0 aromatic heterocycles. The summed E-state index contributed by atoms with van der Waals surface area (Å²) in [5.41, 5.74) is 6.64. The molecule has 2 rings (SSSR count). The molecule has 1 aromatic carbocycles. The molecule has 0 saturated carbocycles. The molecular formula is C15H19N3S. The van der Waals surface area contributed by atoms with Gasteiger partial charge < -0.3 is 5.32 Å². The van der Waals surface area contributed by atoms with Crippen LogP contribution in [-0.2, 0) is 6.42 Å². The van der Waals surface area contributed by atoms with Crippen LogP contribution in [-0.4, -0.2) is 17.4 Å². The summed E-state index contributed by atoms with van der Waals surface area (Å²) >= 11 is 5.14. The average molecular weight is 273 g/mol. The van der Waals surface area contributed by atoms with Crippen LogP contribution in [0.1, 0.15) is 30.4 Å². The number of thiocarbonyl (C=S) groups is 1. The number of hydrogen-bond donors (Lipinski definition) is 2. The Morgan fingerprint density at radius 1 is 1.32 bits per heavy atom. The van der Waals surface area contributed by atoms with E-state index in [0.29, 0.717) is 11.7 Å². The first-order valence-electron chi connectivity index (χ1n) is 6.61. The van der Waals surface area contributed by atoms with Gasteiger partial charge in [0.15, 0.2) is 5.11 Å². The lowest BCUT2D eigenvalue weighted by Gasteiger charge is -2.09. The fourth-order valence-corrected chi connectivity index (χ4v) is 2.33. The molecule has 1 aliphatic rings. The van der Waals surface area contributed by atoms with E-state index in [-0.39, 0.29) is 0 Å². The van der Waals surface area contributed by atoms with Crippen LogP contribution in [0.15, 0.2) is 42.0 Å². The number of aryl methyl sites for hydroxylation is 1. The molecule has 1 aliphatic carbocycles. The zero-order chi connectivity index (χ0) is 13.5. The topological polar surface area (TPSA) is 36.4 Å². The summed E-state index contributed by atoms with van der Waals surface area (Å²) in [6.45, 7) is 4.29. The highest BCUT2D eigenvalue weighted by molar-refractivity contribution is 7.80. The van der Waals surface area contributed by atoms with Crippen molar-refractivity contribution in [3.8, 4) is 0 Å². The van der Waals surface area contributed by atoms with E-state index in [1.807, 2.05) is 0 Å². The molecule has 0 heterocycles. The van der Waals surface area contributed by atoms with Crippen molar-refractivity contribution in [3.63, 3.8) is 0 Å². The van der Waals surface area contributed by atoms with Crippen molar-refractivity contribution in [1.82, 2.24) is 10.7 Å². The van der Waals surface area contributed by atoms with Gasteiger partial charge in [-0.1, -0.05) is 30.3 Å². The van der Waals surface area contributed by atoms with Gasteiger partial charge in [-0.2, -0.15) is 5.10 Å². The Labute approximate surface area is 119 Å². The molecular weight excluding hydrogens is 254 g/mol. The molecule has 0 saturated heterocycles. The smallest absolute Gasteiger partial charge is 0.187 e. The number of hydrazone groups is 1. The summed E-state index contributed by atoms with van der Waals surface area (Å²) in [4.78, 5) is 0. The quantitative estimate of drug-likeness (QED) is 0.385. The van der Waals surface area contributed by atoms with E-state index in [2.05, 4.69) is 46.7 Å². The first-order valence-corrected chi connectivity index (χ1v) is 7.01. The molecule has 4 heteroatoms. The predicted molar refractivity (Wildman–Crippen MR) is 84.5 cm³/mol. The molecule has 0 atom stereocenters. The lowest BCUT2D eigenvalue weighted by Crippen LogP contribution is -2.32. The highest BCUT2D eigenvalue weighted by Gasteiger charge is 2.13. The fraction of sp³-hybridized carbons (Fsp3) is 0.333. The molecule has 0 amide bonds. The second kappa shape index (κ2) is 7.04. The Morgan fingerprint density at radius 2 is 2.11 bits per heavy atom. The van der Waals surface area contributed by atoms with Gasteiger partial charge >= 0.3 is 0 Å². The van der Waals surface area contributed by atoms with E-state index >= 15 is 0 Å². The summed E-state index contributed by atoms with van der Waals surface area (Å²) in [6.07, 6.45) is 6.28. The maximum atomic E-state index is 5.14. The SMILES string of the molecule is C=CCNC(=S)N/N=C1\CCCCc2ccccc21. The van der Waals surface area contributed by atoms with Crippen molar-refractivity contribution in [3.05, 3.63) is 48.0 Å². The molecule has 3 nitrogen and oxygen atoms in total. The zero-order valence-electron chi connectivity index (χ0n) is 11.0. The Morgan fingerprint density at radius 3 is 2.95 bits per heavy atom. The standard InChI is InChI=1S/C15H19N3S/c1-2-11-16-15(19)18-17-14-10-6-4-8-12-7-3-5-9-13(12)14/h2-3,5,7,9H,1,4,6,8,10-11H2,(H2,16,18,19)/b17-14+. The molecule has 0 unspecified atom stereocenters. The van der Waals surface area contributed by atoms with Crippen LogP contribution in [0.3, 0.4) is 0 Å². The Bertz CT molecular complexity index is 494. The monoisotopic (exact) mass is 273 g/mol. The van der Waals surface area contributed by atoms with Crippen molar-refractivity contribution in [2.45, 2.75) is 25.7 Å². The molecule has 0 radical (unpaired) electrons. The largest absolute Gasteiger partial charge is 0.358 e. The molecule has 1 aromatic rings. The molecule has 19 heavy (non-hydrogen) atoms. The summed E-state index contributed by atoms with van der Waals surface area (Å²) in [7, 11) is 0. The molecule has 100 valence electrons. The van der Waals surface area contributed by atoms with Crippen molar-refractivity contribution >= 4 is 23.0 Å². The number of nitrogens with zero attached hydrogens (tertiary/aromatic N) is 1. The maximum absolute atomic E-state index is 5.14. The lowest BCUT2D eigenvalue weighted by atomic mass is 10.0. The van der Waals surface area contributed by atoms with Crippen LogP contribution < -0.4 is 10.7 Å². The zero-order valence-corrected chi connectivity index (χ0v) is 11.8. The minimum atomic E-state index is 0.536. The molecule has 0 fully saturated rings. The van der Waals surface area contributed by atoms with Gasteiger partial charge in [-0.15, -0.1) is 6.58 Å². The Kier molecular flexibility index (Phi) is 5.10. The highest BCUT2D eigenvalue weighted by atomic mass is 32.1.